The summed E-state index contributed by atoms with van der Waals surface area (Å²) in [5.41, 5.74) is 15.8. The van der Waals surface area contributed by atoms with Crippen LogP contribution in [0.1, 0.15) is 26.3 Å². The van der Waals surface area contributed by atoms with Crippen molar-refractivity contribution in [2.75, 3.05) is 0 Å². The monoisotopic (exact) mass is 409 g/mol. The molecule has 5 aromatic rings. The van der Waals surface area contributed by atoms with Gasteiger partial charge in [0.1, 0.15) is 5.76 Å². The molecule has 6 nitrogen and oxygen atoms in total. The van der Waals surface area contributed by atoms with E-state index in [1.165, 1.54) is 0 Å². The summed E-state index contributed by atoms with van der Waals surface area (Å²) >= 11 is 0. The van der Waals surface area contributed by atoms with Crippen LogP contribution in [0.3, 0.4) is 0 Å². The van der Waals surface area contributed by atoms with Crippen molar-refractivity contribution < 1.29 is 14.0 Å². The van der Waals surface area contributed by atoms with Gasteiger partial charge in [-0.25, -0.2) is 0 Å². The number of nitrogens with two attached hydrogens (primary N) is 2. The van der Waals surface area contributed by atoms with Crippen molar-refractivity contribution in [1.82, 2.24) is 4.57 Å². The van der Waals surface area contributed by atoms with E-state index in [0.717, 1.165) is 38.7 Å². The number of furan rings is 1. The van der Waals surface area contributed by atoms with Gasteiger partial charge in [-0.15, -0.1) is 0 Å². The second-order valence-electron chi connectivity index (χ2n) is 7.42. The van der Waals surface area contributed by atoms with Gasteiger partial charge in [0.05, 0.1) is 17.3 Å². The van der Waals surface area contributed by atoms with E-state index in [1.807, 2.05) is 48.5 Å². The molecule has 5 rings (SSSR count). The van der Waals surface area contributed by atoms with Crippen LogP contribution in [-0.2, 0) is 6.54 Å². The lowest BCUT2D eigenvalue weighted by atomic mass is 10.0. The maximum Gasteiger partial charge on any atom is 0.249 e. The summed E-state index contributed by atoms with van der Waals surface area (Å²) in [4.78, 5) is 23.5. The largest absolute Gasteiger partial charge is 0.464 e. The van der Waals surface area contributed by atoms with Crippen LogP contribution in [0, 0.1) is 0 Å². The molecule has 4 N–H and O–H groups in total. The first-order chi connectivity index (χ1) is 15.0. The van der Waals surface area contributed by atoms with Crippen LogP contribution in [0.2, 0.25) is 0 Å². The van der Waals surface area contributed by atoms with Gasteiger partial charge in [0, 0.05) is 34.0 Å². The Kier molecular flexibility index (Phi) is 4.33. The molecule has 2 aromatic heterocycles. The molecule has 152 valence electrons. The summed E-state index contributed by atoms with van der Waals surface area (Å²) < 4.78 is 7.71. The number of nitrogens with zero attached hydrogens (tertiary/aromatic N) is 1. The molecule has 0 saturated carbocycles. The summed E-state index contributed by atoms with van der Waals surface area (Å²) in [6.45, 7) is 0.545. The second kappa shape index (κ2) is 7.18. The highest BCUT2D eigenvalue weighted by Crippen LogP contribution is 2.35. The van der Waals surface area contributed by atoms with Crippen LogP contribution >= 0.6 is 0 Å². The molecule has 6 heteroatoms. The molecule has 0 radical (unpaired) electrons. The molecule has 0 aliphatic heterocycles. The van der Waals surface area contributed by atoms with E-state index in [4.69, 9.17) is 15.9 Å². The number of hydrogen-bond acceptors (Lipinski definition) is 3. The van der Waals surface area contributed by atoms with Crippen molar-refractivity contribution in [3.05, 3.63) is 95.7 Å². The van der Waals surface area contributed by atoms with Crippen molar-refractivity contribution in [3.63, 3.8) is 0 Å². The van der Waals surface area contributed by atoms with E-state index in [-0.39, 0.29) is 0 Å². The van der Waals surface area contributed by atoms with Gasteiger partial charge in [0.2, 0.25) is 11.8 Å². The molecular weight excluding hydrogens is 390 g/mol. The van der Waals surface area contributed by atoms with E-state index < -0.39 is 11.8 Å². The van der Waals surface area contributed by atoms with Gasteiger partial charge in [-0.3, -0.25) is 9.59 Å². The van der Waals surface area contributed by atoms with E-state index in [2.05, 4.69) is 10.6 Å². The molecule has 2 amide bonds. The molecular formula is C25H19N3O3. The zero-order valence-corrected chi connectivity index (χ0v) is 16.5. The van der Waals surface area contributed by atoms with Gasteiger partial charge >= 0.3 is 0 Å². The van der Waals surface area contributed by atoms with Crippen LogP contribution in [0.5, 0.6) is 0 Å². The first kappa shape index (κ1) is 18.7. The SMILES string of the molecule is NC(=O)c1ccc(Cn2c3cc(-c4ccco4)ccc3c3c(C(N)=O)cccc32)cc1. The van der Waals surface area contributed by atoms with Crippen molar-refractivity contribution in [3.8, 4) is 11.3 Å². The fraction of sp³-hybridized carbons (Fsp3) is 0.0400. The van der Waals surface area contributed by atoms with E-state index in [9.17, 15) is 9.59 Å². The number of hydrogen-bond donors (Lipinski definition) is 2. The zero-order valence-electron chi connectivity index (χ0n) is 16.5. The Morgan fingerprint density at radius 2 is 1.65 bits per heavy atom. The van der Waals surface area contributed by atoms with Crippen molar-refractivity contribution in [2.24, 2.45) is 11.5 Å². The third-order valence-corrected chi connectivity index (χ3v) is 5.54. The third kappa shape index (κ3) is 3.14. The molecule has 2 heterocycles. The first-order valence-corrected chi connectivity index (χ1v) is 9.80. The summed E-state index contributed by atoms with van der Waals surface area (Å²) in [7, 11) is 0. The number of carbonyl (C=O) groups is 2. The van der Waals surface area contributed by atoms with Crippen LogP contribution in [-0.4, -0.2) is 16.4 Å². The van der Waals surface area contributed by atoms with Gasteiger partial charge in [-0.2, -0.15) is 0 Å². The highest BCUT2D eigenvalue weighted by atomic mass is 16.3. The molecule has 0 aliphatic carbocycles. The lowest BCUT2D eigenvalue weighted by molar-refractivity contribution is 0.0992. The van der Waals surface area contributed by atoms with Gasteiger partial charge < -0.3 is 20.5 Å². The Balaban J connectivity index is 1.75. The van der Waals surface area contributed by atoms with Gasteiger partial charge in [-0.05, 0) is 48.0 Å². The smallest absolute Gasteiger partial charge is 0.249 e. The summed E-state index contributed by atoms with van der Waals surface area (Å²) in [6, 6.07) is 22.5. The van der Waals surface area contributed by atoms with Crippen molar-refractivity contribution >= 4 is 33.6 Å². The predicted octanol–water partition coefficient (Wildman–Crippen LogP) is 4.30. The first-order valence-electron chi connectivity index (χ1n) is 9.80. The molecule has 0 saturated heterocycles. The minimum absolute atomic E-state index is 0.460. The lowest BCUT2D eigenvalue weighted by Crippen LogP contribution is -2.11. The number of primary amides is 2. The highest BCUT2D eigenvalue weighted by molar-refractivity contribution is 6.18. The quantitative estimate of drug-likeness (QED) is 0.452. The second-order valence-corrected chi connectivity index (χ2v) is 7.42. The average Bonchev–Trinajstić information content (AvgIpc) is 3.41. The van der Waals surface area contributed by atoms with Crippen molar-refractivity contribution in [2.45, 2.75) is 6.54 Å². The molecule has 0 bridgehead atoms. The molecule has 0 spiro atoms. The number of rotatable bonds is 5. The Hall–Kier alpha value is -4.32. The van der Waals surface area contributed by atoms with Gasteiger partial charge in [0.15, 0.2) is 0 Å². The minimum Gasteiger partial charge on any atom is -0.464 e. The molecule has 0 atom stereocenters. The number of fused-ring (bicyclic) bond motifs is 3. The van der Waals surface area contributed by atoms with Crippen LogP contribution in [0.4, 0.5) is 0 Å². The molecule has 0 fully saturated rings. The van der Waals surface area contributed by atoms with Crippen LogP contribution in [0.15, 0.2) is 83.5 Å². The topological polar surface area (TPSA) is 104 Å². The van der Waals surface area contributed by atoms with E-state index in [1.54, 1.807) is 24.5 Å². The molecule has 0 unspecified atom stereocenters. The predicted molar refractivity (Wildman–Crippen MR) is 120 cm³/mol. The molecule has 31 heavy (non-hydrogen) atoms. The maximum absolute atomic E-state index is 12.1. The number of benzene rings is 3. The van der Waals surface area contributed by atoms with Gasteiger partial charge in [-0.1, -0.05) is 30.3 Å². The lowest BCUT2D eigenvalue weighted by Gasteiger charge is -2.09. The Morgan fingerprint density at radius 1 is 0.839 bits per heavy atom. The summed E-state index contributed by atoms with van der Waals surface area (Å²) in [5.74, 6) is -0.164. The Labute approximate surface area is 177 Å². The fourth-order valence-electron chi connectivity index (χ4n) is 4.07. The summed E-state index contributed by atoms with van der Waals surface area (Å²) in [5, 5.41) is 1.76. The van der Waals surface area contributed by atoms with E-state index in [0.29, 0.717) is 17.7 Å². The van der Waals surface area contributed by atoms with Crippen LogP contribution in [0.25, 0.3) is 33.1 Å². The molecule has 3 aromatic carbocycles. The standard InChI is InChI=1S/C25H19N3O3/c26-24(29)16-8-6-15(7-9-16)14-28-20-4-1-3-19(25(27)30)23(20)18-11-10-17(13-21(18)28)22-5-2-12-31-22/h1-13H,14H2,(H2,26,29)(H2,27,30). The summed E-state index contributed by atoms with van der Waals surface area (Å²) in [6.07, 6.45) is 1.64. The number of amides is 2. The normalized spacial score (nSPS) is 11.2. The third-order valence-electron chi connectivity index (χ3n) is 5.54. The van der Waals surface area contributed by atoms with Gasteiger partial charge in [0.25, 0.3) is 0 Å². The highest BCUT2D eigenvalue weighted by Gasteiger charge is 2.17. The maximum atomic E-state index is 12.1. The minimum atomic E-state index is -0.467. The van der Waals surface area contributed by atoms with Crippen molar-refractivity contribution in [1.29, 1.82) is 0 Å². The Bertz CT molecular complexity index is 1450. The van der Waals surface area contributed by atoms with E-state index >= 15 is 0 Å². The number of carbonyl (C=O) groups excluding carboxylic acids is 2. The Morgan fingerprint density at radius 3 is 2.32 bits per heavy atom. The average molecular weight is 409 g/mol. The molecule has 0 aliphatic rings. The fourth-order valence-corrected chi connectivity index (χ4v) is 4.07. The van der Waals surface area contributed by atoms with Crippen LogP contribution < -0.4 is 11.5 Å². The zero-order chi connectivity index (χ0) is 21.5. The number of aromatic nitrogens is 1.